The molecule has 0 aliphatic carbocycles. The number of esters is 1. The topological polar surface area (TPSA) is 86.3 Å². The van der Waals surface area contributed by atoms with E-state index < -0.39 is 5.97 Å². The van der Waals surface area contributed by atoms with Gasteiger partial charge in [0.1, 0.15) is 6.33 Å². The van der Waals surface area contributed by atoms with Crippen LogP contribution in [0.1, 0.15) is 16.2 Å². The minimum absolute atomic E-state index is 0.386. The number of nitrogen functional groups attached to an aromatic ring is 1. The van der Waals surface area contributed by atoms with Crippen molar-refractivity contribution >= 4 is 17.3 Å². The van der Waals surface area contributed by atoms with E-state index in [1.54, 1.807) is 18.5 Å². The van der Waals surface area contributed by atoms with Crippen LogP contribution in [0.25, 0.3) is 0 Å². The second-order valence-corrected chi connectivity index (χ2v) is 4.59. The Kier molecular flexibility index (Phi) is 3.02. The van der Waals surface area contributed by atoms with Gasteiger partial charge >= 0.3 is 5.97 Å². The van der Waals surface area contributed by atoms with E-state index in [0.29, 0.717) is 17.8 Å². The third kappa shape index (κ3) is 1.97. The van der Waals surface area contributed by atoms with E-state index in [9.17, 15) is 4.79 Å². The molecule has 2 aromatic rings. The van der Waals surface area contributed by atoms with Gasteiger partial charge in [-0.25, -0.2) is 4.79 Å². The molecule has 0 saturated heterocycles. The molecule has 0 bridgehead atoms. The lowest BCUT2D eigenvalue weighted by molar-refractivity contribution is 0.0602. The van der Waals surface area contributed by atoms with Gasteiger partial charge in [-0.05, 0) is 12.1 Å². The van der Waals surface area contributed by atoms with Crippen LogP contribution in [-0.2, 0) is 17.8 Å². The largest absolute Gasteiger partial charge is 0.465 e. The number of hydrogen-bond acceptors (Lipinski definition) is 6. The average molecular weight is 273 g/mol. The number of nitrogens with two attached hydrogens (primary N) is 1. The second-order valence-electron chi connectivity index (χ2n) is 4.59. The van der Waals surface area contributed by atoms with Crippen LogP contribution in [-0.4, -0.2) is 34.4 Å². The molecule has 1 aliphatic rings. The molecular formula is C13H15N5O2. The van der Waals surface area contributed by atoms with Crippen molar-refractivity contribution in [3.63, 3.8) is 0 Å². The maximum absolute atomic E-state index is 11.7. The molecule has 2 N–H and O–H groups in total. The van der Waals surface area contributed by atoms with Crippen LogP contribution in [0.15, 0.2) is 24.5 Å². The predicted molar refractivity (Wildman–Crippen MR) is 73.3 cm³/mol. The fraction of sp³-hybridized carbons (Fsp3) is 0.308. The summed E-state index contributed by atoms with van der Waals surface area (Å²) in [6.45, 7) is 2.21. The molecule has 1 aliphatic heterocycles. The molecule has 2 heterocycles. The van der Waals surface area contributed by atoms with Gasteiger partial charge in [-0.2, -0.15) is 0 Å². The molecule has 0 atom stereocenters. The summed E-state index contributed by atoms with van der Waals surface area (Å²) in [4.78, 5) is 13.8. The average Bonchev–Trinajstić information content (AvgIpc) is 2.94. The third-order valence-electron chi connectivity index (χ3n) is 3.47. The first-order chi connectivity index (χ1) is 9.70. The molecule has 7 heteroatoms. The van der Waals surface area contributed by atoms with Gasteiger partial charge in [0, 0.05) is 13.1 Å². The number of rotatable bonds is 2. The minimum Gasteiger partial charge on any atom is -0.465 e. The Balaban J connectivity index is 1.94. The maximum atomic E-state index is 11.7. The van der Waals surface area contributed by atoms with Gasteiger partial charge in [-0.1, -0.05) is 6.07 Å². The van der Waals surface area contributed by atoms with Gasteiger partial charge < -0.3 is 19.9 Å². The second kappa shape index (κ2) is 4.84. The number of nitrogens with zero attached hydrogens (tertiary/aromatic N) is 4. The monoisotopic (exact) mass is 273 g/mol. The number of aromatic nitrogens is 3. The Morgan fingerprint density at radius 1 is 1.40 bits per heavy atom. The van der Waals surface area contributed by atoms with Crippen molar-refractivity contribution in [1.29, 1.82) is 0 Å². The molecule has 7 nitrogen and oxygen atoms in total. The summed E-state index contributed by atoms with van der Waals surface area (Å²) in [5, 5.41) is 7.97. The number of para-hydroxylation sites is 1. The summed E-state index contributed by atoms with van der Waals surface area (Å²) in [6, 6.07) is 5.36. The first kappa shape index (κ1) is 12.5. The van der Waals surface area contributed by atoms with Crippen molar-refractivity contribution < 1.29 is 9.53 Å². The Hall–Kier alpha value is -2.57. The van der Waals surface area contributed by atoms with Crippen LogP contribution >= 0.6 is 0 Å². The summed E-state index contributed by atoms with van der Waals surface area (Å²) < 4.78 is 6.75. The van der Waals surface area contributed by atoms with Gasteiger partial charge in [-0.3, -0.25) is 0 Å². The molecule has 1 aromatic heterocycles. The summed E-state index contributed by atoms with van der Waals surface area (Å²) in [5.74, 6) is 0.462. The van der Waals surface area contributed by atoms with E-state index in [4.69, 9.17) is 10.5 Å². The number of hydrogen-bond donors (Lipinski definition) is 1. The van der Waals surface area contributed by atoms with Gasteiger partial charge in [0.05, 0.1) is 30.6 Å². The highest BCUT2D eigenvalue weighted by Gasteiger charge is 2.21. The van der Waals surface area contributed by atoms with Gasteiger partial charge in [0.15, 0.2) is 5.82 Å². The van der Waals surface area contributed by atoms with Crippen molar-refractivity contribution in [3.8, 4) is 0 Å². The lowest BCUT2D eigenvalue weighted by Gasteiger charge is -2.30. The van der Waals surface area contributed by atoms with Gasteiger partial charge in [0.25, 0.3) is 0 Å². The Morgan fingerprint density at radius 2 is 2.25 bits per heavy atom. The molecule has 0 spiro atoms. The number of methoxy groups -OCH3 is 1. The molecular weight excluding hydrogens is 258 g/mol. The fourth-order valence-corrected chi connectivity index (χ4v) is 2.39. The highest BCUT2D eigenvalue weighted by molar-refractivity contribution is 5.98. The summed E-state index contributed by atoms with van der Waals surface area (Å²) in [6.07, 6.45) is 1.72. The summed E-state index contributed by atoms with van der Waals surface area (Å²) in [5.41, 5.74) is 7.75. The quantitative estimate of drug-likeness (QED) is 0.639. The van der Waals surface area contributed by atoms with E-state index in [1.165, 1.54) is 7.11 Å². The number of benzene rings is 1. The van der Waals surface area contributed by atoms with Crippen molar-refractivity contribution in [2.75, 3.05) is 24.3 Å². The minimum atomic E-state index is -0.426. The highest BCUT2D eigenvalue weighted by Crippen LogP contribution is 2.29. The van der Waals surface area contributed by atoms with Crippen molar-refractivity contribution in [3.05, 3.63) is 35.9 Å². The number of ether oxygens (including phenoxy) is 1. The van der Waals surface area contributed by atoms with Crippen molar-refractivity contribution in [1.82, 2.24) is 14.8 Å². The molecule has 0 unspecified atom stereocenters. The predicted octanol–water partition coefficient (Wildman–Crippen LogP) is 0.667. The highest BCUT2D eigenvalue weighted by atomic mass is 16.5. The van der Waals surface area contributed by atoms with E-state index in [2.05, 4.69) is 15.1 Å². The smallest absolute Gasteiger partial charge is 0.340 e. The first-order valence-corrected chi connectivity index (χ1v) is 6.29. The zero-order valence-corrected chi connectivity index (χ0v) is 11.1. The zero-order valence-electron chi connectivity index (χ0n) is 11.1. The molecule has 0 amide bonds. The Labute approximate surface area is 116 Å². The molecule has 104 valence electrons. The van der Waals surface area contributed by atoms with Gasteiger partial charge in [0.2, 0.25) is 0 Å². The van der Waals surface area contributed by atoms with E-state index in [0.717, 1.165) is 24.6 Å². The van der Waals surface area contributed by atoms with Crippen LogP contribution in [0.2, 0.25) is 0 Å². The molecule has 0 saturated carbocycles. The normalized spacial score (nSPS) is 13.9. The van der Waals surface area contributed by atoms with Crippen LogP contribution in [0.5, 0.6) is 0 Å². The maximum Gasteiger partial charge on any atom is 0.340 e. The number of anilines is 2. The van der Waals surface area contributed by atoms with Crippen LogP contribution in [0.4, 0.5) is 11.4 Å². The van der Waals surface area contributed by atoms with E-state index in [1.807, 2.05) is 10.6 Å². The number of carbonyl (C=O) groups excluding carboxylic acids is 1. The lowest BCUT2D eigenvalue weighted by atomic mass is 10.1. The summed E-state index contributed by atoms with van der Waals surface area (Å²) >= 11 is 0. The summed E-state index contributed by atoms with van der Waals surface area (Å²) in [7, 11) is 1.35. The SMILES string of the molecule is COC(=O)c1cccc(N2CCn3cnnc3C2)c1N. The number of fused-ring (bicyclic) bond motifs is 1. The standard InChI is InChI=1S/C13H15N5O2/c1-20-13(19)9-3-2-4-10(12(9)14)17-5-6-18-8-15-16-11(18)7-17/h2-4,8H,5-7,14H2,1H3. The molecule has 0 fully saturated rings. The van der Waals surface area contributed by atoms with Crippen LogP contribution in [0, 0.1) is 0 Å². The van der Waals surface area contributed by atoms with Crippen LogP contribution < -0.4 is 10.6 Å². The van der Waals surface area contributed by atoms with Crippen molar-refractivity contribution in [2.24, 2.45) is 0 Å². The van der Waals surface area contributed by atoms with Crippen molar-refractivity contribution in [2.45, 2.75) is 13.1 Å². The van der Waals surface area contributed by atoms with E-state index >= 15 is 0 Å². The number of carbonyl (C=O) groups is 1. The molecule has 20 heavy (non-hydrogen) atoms. The van der Waals surface area contributed by atoms with E-state index in [-0.39, 0.29) is 0 Å². The molecule has 0 radical (unpaired) electrons. The van der Waals surface area contributed by atoms with Crippen LogP contribution in [0.3, 0.4) is 0 Å². The Bertz CT molecular complexity index is 652. The van der Waals surface area contributed by atoms with Gasteiger partial charge in [-0.15, -0.1) is 10.2 Å². The first-order valence-electron chi connectivity index (χ1n) is 6.29. The fourth-order valence-electron chi connectivity index (χ4n) is 2.39. The Morgan fingerprint density at radius 3 is 3.05 bits per heavy atom. The zero-order chi connectivity index (χ0) is 14.1. The molecule has 3 rings (SSSR count). The third-order valence-corrected chi connectivity index (χ3v) is 3.47. The lowest BCUT2D eigenvalue weighted by Crippen LogP contribution is -2.34. The molecule has 1 aromatic carbocycles.